The van der Waals surface area contributed by atoms with Crippen molar-refractivity contribution in [3.8, 4) is 6.07 Å². The standard InChI is InChI=1S/C16H15N5O/c1-11-14(21-6-4-3-5-15(21)19-11)10-20(2)16(22)13-7-12(8-17)9-18-13/h3-7,9,18H,10H2,1-2H3. The Morgan fingerprint density at radius 1 is 1.50 bits per heavy atom. The normalized spacial score (nSPS) is 10.6. The molecule has 0 fully saturated rings. The molecule has 6 heteroatoms. The molecule has 0 aliphatic rings. The summed E-state index contributed by atoms with van der Waals surface area (Å²) in [5.74, 6) is -0.160. The van der Waals surface area contributed by atoms with Gasteiger partial charge in [0.15, 0.2) is 0 Å². The third-order valence-corrected chi connectivity index (χ3v) is 3.61. The first kappa shape index (κ1) is 13.9. The molecule has 0 saturated heterocycles. The minimum absolute atomic E-state index is 0.160. The minimum atomic E-state index is -0.160. The maximum absolute atomic E-state index is 12.4. The molecule has 0 bridgehead atoms. The van der Waals surface area contributed by atoms with Crippen LogP contribution in [0.25, 0.3) is 5.65 Å². The van der Waals surface area contributed by atoms with Gasteiger partial charge in [-0.3, -0.25) is 4.79 Å². The Kier molecular flexibility index (Phi) is 3.39. The highest BCUT2D eigenvalue weighted by molar-refractivity contribution is 5.92. The van der Waals surface area contributed by atoms with Crippen molar-refractivity contribution < 1.29 is 4.79 Å². The van der Waals surface area contributed by atoms with Crippen LogP contribution < -0.4 is 0 Å². The number of carbonyl (C=O) groups is 1. The van der Waals surface area contributed by atoms with Gasteiger partial charge in [-0.2, -0.15) is 5.26 Å². The van der Waals surface area contributed by atoms with E-state index >= 15 is 0 Å². The average molecular weight is 293 g/mol. The van der Waals surface area contributed by atoms with Gasteiger partial charge in [0, 0.05) is 19.4 Å². The van der Waals surface area contributed by atoms with Crippen molar-refractivity contribution in [3.05, 3.63) is 59.3 Å². The quantitative estimate of drug-likeness (QED) is 0.803. The van der Waals surface area contributed by atoms with Crippen LogP contribution in [0.5, 0.6) is 0 Å². The number of aromatic nitrogens is 3. The zero-order valence-electron chi connectivity index (χ0n) is 12.4. The van der Waals surface area contributed by atoms with Crippen molar-refractivity contribution >= 4 is 11.6 Å². The molecule has 6 nitrogen and oxygen atoms in total. The highest BCUT2D eigenvalue weighted by Crippen LogP contribution is 2.15. The number of pyridine rings is 1. The third-order valence-electron chi connectivity index (χ3n) is 3.61. The molecule has 22 heavy (non-hydrogen) atoms. The summed E-state index contributed by atoms with van der Waals surface area (Å²) in [6.45, 7) is 2.37. The number of imidazole rings is 1. The van der Waals surface area contributed by atoms with E-state index in [9.17, 15) is 4.79 Å². The summed E-state index contributed by atoms with van der Waals surface area (Å²) in [6, 6.07) is 9.36. The molecule has 3 aromatic heterocycles. The Balaban J connectivity index is 1.86. The average Bonchev–Trinajstić information content (AvgIpc) is 3.12. The SMILES string of the molecule is Cc1nc2ccccn2c1CN(C)C(=O)c1cc(C#N)c[nH]1. The van der Waals surface area contributed by atoms with Crippen molar-refractivity contribution in [3.63, 3.8) is 0 Å². The molecule has 1 amide bonds. The zero-order chi connectivity index (χ0) is 15.7. The number of amides is 1. The molecule has 1 N–H and O–H groups in total. The van der Waals surface area contributed by atoms with E-state index in [2.05, 4.69) is 9.97 Å². The molecule has 0 saturated carbocycles. The van der Waals surface area contributed by atoms with E-state index in [-0.39, 0.29) is 5.91 Å². The lowest BCUT2D eigenvalue weighted by Crippen LogP contribution is -2.27. The first-order valence-electron chi connectivity index (χ1n) is 6.86. The summed E-state index contributed by atoms with van der Waals surface area (Å²) in [4.78, 5) is 21.3. The van der Waals surface area contributed by atoms with E-state index in [0.29, 0.717) is 17.8 Å². The third kappa shape index (κ3) is 2.33. The molecule has 0 atom stereocenters. The van der Waals surface area contributed by atoms with Crippen LogP contribution in [0.3, 0.4) is 0 Å². The van der Waals surface area contributed by atoms with Gasteiger partial charge >= 0.3 is 0 Å². The maximum atomic E-state index is 12.4. The van der Waals surface area contributed by atoms with Gasteiger partial charge in [0.2, 0.25) is 0 Å². The van der Waals surface area contributed by atoms with Crippen LogP contribution in [-0.4, -0.2) is 32.2 Å². The molecular formula is C16H15N5O. The van der Waals surface area contributed by atoms with Gasteiger partial charge in [0.05, 0.1) is 23.5 Å². The van der Waals surface area contributed by atoms with Crippen molar-refractivity contribution in [2.75, 3.05) is 7.05 Å². The second-order valence-electron chi connectivity index (χ2n) is 5.15. The first-order chi connectivity index (χ1) is 10.6. The number of hydrogen-bond donors (Lipinski definition) is 1. The molecule has 0 aliphatic heterocycles. The summed E-state index contributed by atoms with van der Waals surface area (Å²) in [7, 11) is 1.73. The lowest BCUT2D eigenvalue weighted by molar-refractivity contribution is 0.0778. The summed E-state index contributed by atoms with van der Waals surface area (Å²) in [6.07, 6.45) is 3.46. The lowest BCUT2D eigenvalue weighted by Gasteiger charge is -2.16. The van der Waals surface area contributed by atoms with Crippen LogP contribution in [0.2, 0.25) is 0 Å². The largest absolute Gasteiger partial charge is 0.356 e. The van der Waals surface area contributed by atoms with Crippen molar-refractivity contribution in [1.29, 1.82) is 5.26 Å². The highest BCUT2D eigenvalue weighted by Gasteiger charge is 2.17. The van der Waals surface area contributed by atoms with Crippen LogP contribution in [0, 0.1) is 18.3 Å². The number of nitriles is 1. The second kappa shape index (κ2) is 5.37. The predicted octanol–water partition coefficient (Wildman–Crippen LogP) is 2.11. The molecular weight excluding hydrogens is 278 g/mol. The van der Waals surface area contributed by atoms with E-state index in [1.54, 1.807) is 18.0 Å². The van der Waals surface area contributed by atoms with Crippen LogP contribution in [0.4, 0.5) is 0 Å². The fraction of sp³-hybridized carbons (Fsp3) is 0.188. The summed E-state index contributed by atoms with van der Waals surface area (Å²) < 4.78 is 1.98. The Bertz CT molecular complexity index is 883. The topological polar surface area (TPSA) is 77.2 Å². The van der Waals surface area contributed by atoms with Gasteiger partial charge < -0.3 is 14.3 Å². The van der Waals surface area contributed by atoms with Crippen molar-refractivity contribution in [1.82, 2.24) is 19.3 Å². The Morgan fingerprint density at radius 3 is 3.05 bits per heavy atom. The number of fused-ring (bicyclic) bond motifs is 1. The zero-order valence-corrected chi connectivity index (χ0v) is 12.4. The number of nitrogens with zero attached hydrogens (tertiary/aromatic N) is 4. The Labute approximate surface area is 127 Å². The number of aromatic amines is 1. The molecule has 0 aromatic carbocycles. The van der Waals surface area contributed by atoms with E-state index in [0.717, 1.165) is 17.0 Å². The van der Waals surface area contributed by atoms with E-state index in [4.69, 9.17) is 5.26 Å². The first-order valence-corrected chi connectivity index (χ1v) is 6.86. The summed E-state index contributed by atoms with van der Waals surface area (Å²) in [5, 5.41) is 8.83. The fourth-order valence-corrected chi connectivity index (χ4v) is 2.44. The van der Waals surface area contributed by atoms with Gasteiger partial charge in [-0.05, 0) is 25.1 Å². The lowest BCUT2D eigenvalue weighted by atomic mass is 10.3. The van der Waals surface area contributed by atoms with Crippen LogP contribution in [0.1, 0.15) is 27.4 Å². The van der Waals surface area contributed by atoms with Crippen LogP contribution in [-0.2, 0) is 6.54 Å². The van der Waals surface area contributed by atoms with Gasteiger partial charge in [-0.25, -0.2) is 4.98 Å². The molecule has 0 aliphatic carbocycles. The molecule has 3 rings (SSSR count). The summed E-state index contributed by atoms with van der Waals surface area (Å²) >= 11 is 0. The van der Waals surface area contributed by atoms with Gasteiger partial charge in [0.1, 0.15) is 17.4 Å². The minimum Gasteiger partial charge on any atom is -0.356 e. The second-order valence-corrected chi connectivity index (χ2v) is 5.15. The molecule has 0 spiro atoms. The van der Waals surface area contributed by atoms with Crippen molar-refractivity contribution in [2.24, 2.45) is 0 Å². The monoisotopic (exact) mass is 293 g/mol. The number of hydrogen-bond acceptors (Lipinski definition) is 3. The smallest absolute Gasteiger partial charge is 0.270 e. The van der Waals surface area contributed by atoms with Crippen LogP contribution >= 0.6 is 0 Å². The van der Waals surface area contributed by atoms with Crippen molar-refractivity contribution in [2.45, 2.75) is 13.5 Å². The Hall–Kier alpha value is -3.07. The molecule has 110 valence electrons. The number of rotatable bonds is 3. The fourth-order valence-electron chi connectivity index (χ4n) is 2.44. The molecule has 3 heterocycles. The van der Waals surface area contributed by atoms with Gasteiger partial charge in [-0.1, -0.05) is 6.07 Å². The van der Waals surface area contributed by atoms with Crippen LogP contribution in [0.15, 0.2) is 36.7 Å². The number of nitrogens with one attached hydrogen (secondary N) is 1. The van der Waals surface area contributed by atoms with E-state index in [1.807, 2.05) is 41.8 Å². The number of aryl methyl sites for hydroxylation is 1. The summed E-state index contributed by atoms with van der Waals surface area (Å²) in [5.41, 5.74) is 3.59. The maximum Gasteiger partial charge on any atom is 0.270 e. The Morgan fingerprint density at radius 2 is 2.32 bits per heavy atom. The van der Waals surface area contributed by atoms with E-state index in [1.165, 1.54) is 6.20 Å². The van der Waals surface area contributed by atoms with Gasteiger partial charge in [0.25, 0.3) is 5.91 Å². The highest BCUT2D eigenvalue weighted by atomic mass is 16.2. The molecule has 3 aromatic rings. The van der Waals surface area contributed by atoms with Gasteiger partial charge in [-0.15, -0.1) is 0 Å². The number of carbonyl (C=O) groups excluding carboxylic acids is 1. The predicted molar refractivity (Wildman–Crippen MR) is 81.2 cm³/mol. The molecule has 0 unspecified atom stereocenters. The molecule has 0 radical (unpaired) electrons. The van der Waals surface area contributed by atoms with E-state index < -0.39 is 0 Å². The number of H-pyrrole nitrogens is 1.